The molecule has 9 nitrogen and oxygen atoms in total. The summed E-state index contributed by atoms with van der Waals surface area (Å²) in [5.74, 6) is 2.76. The SMILES string of the molecule is COc1ccc(CCNC(=O)CCc2nnc3n(CC(C)C)c(=O)c4sccc4n23)cc1OC. The van der Waals surface area contributed by atoms with Crippen LogP contribution in [-0.2, 0) is 24.2 Å². The fourth-order valence-corrected chi connectivity index (χ4v) is 4.79. The van der Waals surface area contributed by atoms with Crippen molar-refractivity contribution in [2.45, 2.75) is 39.7 Å². The molecule has 4 rings (SSSR count). The van der Waals surface area contributed by atoms with E-state index in [0.717, 1.165) is 11.1 Å². The first kappa shape index (κ1) is 23.7. The van der Waals surface area contributed by atoms with E-state index in [1.54, 1.807) is 18.8 Å². The summed E-state index contributed by atoms with van der Waals surface area (Å²) < 4.78 is 14.9. The second-order valence-corrected chi connectivity index (χ2v) is 9.40. The highest BCUT2D eigenvalue weighted by molar-refractivity contribution is 7.17. The molecule has 0 aliphatic rings. The molecule has 0 aliphatic carbocycles. The molecule has 0 saturated heterocycles. The average molecular weight is 484 g/mol. The minimum Gasteiger partial charge on any atom is -0.493 e. The maximum Gasteiger partial charge on any atom is 0.272 e. The minimum atomic E-state index is -0.0608. The van der Waals surface area contributed by atoms with Crippen molar-refractivity contribution in [3.8, 4) is 11.5 Å². The molecule has 10 heteroatoms. The molecule has 1 aromatic carbocycles. The lowest BCUT2D eigenvalue weighted by Crippen LogP contribution is -2.26. The second-order valence-electron chi connectivity index (χ2n) is 8.49. The molecule has 0 bridgehead atoms. The van der Waals surface area contributed by atoms with Crippen LogP contribution in [-0.4, -0.2) is 45.8 Å². The summed E-state index contributed by atoms with van der Waals surface area (Å²) >= 11 is 1.41. The van der Waals surface area contributed by atoms with Crippen LogP contribution in [0.5, 0.6) is 11.5 Å². The van der Waals surface area contributed by atoms with Crippen molar-refractivity contribution >= 4 is 33.2 Å². The predicted octanol–water partition coefficient (Wildman–Crippen LogP) is 3.07. The van der Waals surface area contributed by atoms with Gasteiger partial charge in [-0.05, 0) is 41.5 Å². The number of amides is 1. The molecule has 1 amide bonds. The number of hydrogen-bond acceptors (Lipinski definition) is 7. The molecule has 34 heavy (non-hydrogen) atoms. The summed E-state index contributed by atoms with van der Waals surface area (Å²) in [6.45, 7) is 5.19. The topological polar surface area (TPSA) is 99.7 Å². The fourth-order valence-electron chi connectivity index (χ4n) is 3.97. The zero-order chi connectivity index (χ0) is 24.2. The lowest BCUT2D eigenvalue weighted by molar-refractivity contribution is -0.121. The van der Waals surface area contributed by atoms with E-state index in [1.807, 2.05) is 34.0 Å². The number of ether oxygens (including phenoxy) is 2. The summed E-state index contributed by atoms with van der Waals surface area (Å²) in [5.41, 5.74) is 1.79. The molecular weight excluding hydrogens is 454 g/mol. The van der Waals surface area contributed by atoms with Crippen molar-refractivity contribution in [1.82, 2.24) is 24.5 Å². The molecule has 1 N–H and O–H groups in total. The maximum atomic E-state index is 12.9. The van der Waals surface area contributed by atoms with Gasteiger partial charge >= 0.3 is 0 Å². The Morgan fingerprint density at radius 2 is 1.91 bits per heavy atom. The predicted molar refractivity (Wildman–Crippen MR) is 132 cm³/mol. The molecule has 3 aromatic heterocycles. The summed E-state index contributed by atoms with van der Waals surface area (Å²) in [6.07, 6.45) is 1.38. The molecule has 0 atom stereocenters. The van der Waals surface area contributed by atoms with Gasteiger partial charge in [0, 0.05) is 25.9 Å². The molecule has 3 heterocycles. The first-order valence-corrected chi connectivity index (χ1v) is 12.1. The number of carbonyl (C=O) groups is 1. The largest absolute Gasteiger partial charge is 0.493 e. The van der Waals surface area contributed by atoms with Crippen LogP contribution in [0.4, 0.5) is 0 Å². The van der Waals surface area contributed by atoms with Crippen LogP contribution >= 0.6 is 11.3 Å². The number of benzene rings is 1. The van der Waals surface area contributed by atoms with E-state index < -0.39 is 0 Å². The standard InChI is InChI=1S/C24H29N5O4S/c1-15(2)14-28-23(31)22-17(10-12-34-22)29-20(26-27-24(28)29)7-8-21(30)25-11-9-16-5-6-18(32-3)19(13-16)33-4/h5-6,10,12-13,15H,7-9,11,14H2,1-4H3,(H,25,30). The smallest absolute Gasteiger partial charge is 0.272 e. The summed E-state index contributed by atoms with van der Waals surface area (Å²) in [7, 11) is 3.20. The number of methoxy groups -OCH3 is 2. The minimum absolute atomic E-state index is 0.0435. The maximum absolute atomic E-state index is 12.9. The number of nitrogens with zero attached hydrogens (tertiary/aromatic N) is 4. The van der Waals surface area contributed by atoms with Crippen LogP contribution in [0.3, 0.4) is 0 Å². The van der Waals surface area contributed by atoms with Gasteiger partial charge in [-0.25, -0.2) is 0 Å². The van der Waals surface area contributed by atoms with E-state index in [9.17, 15) is 9.59 Å². The van der Waals surface area contributed by atoms with Gasteiger partial charge in [-0.1, -0.05) is 19.9 Å². The molecule has 0 aliphatic heterocycles. The number of aromatic nitrogens is 4. The van der Waals surface area contributed by atoms with Crippen molar-refractivity contribution in [1.29, 1.82) is 0 Å². The van der Waals surface area contributed by atoms with E-state index in [-0.39, 0.29) is 23.8 Å². The summed E-state index contributed by atoms with van der Waals surface area (Å²) in [6, 6.07) is 7.63. The molecule has 0 unspecified atom stereocenters. The number of fused-ring (bicyclic) bond motifs is 3. The van der Waals surface area contributed by atoms with Crippen molar-refractivity contribution in [2.24, 2.45) is 5.92 Å². The Labute approximate surface area is 201 Å². The van der Waals surface area contributed by atoms with Crippen LogP contribution in [0.2, 0.25) is 0 Å². The van der Waals surface area contributed by atoms with E-state index in [1.165, 1.54) is 11.3 Å². The number of hydrogen-bond donors (Lipinski definition) is 1. The van der Waals surface area contributed by atoms with E-state index in [4.69, 9.17) is 9.47 Å². The van der Waals surface area contributed by atoms with Crippen LogP contribution < -0.4 is 20.3 Å². The van der Waals surface area contributed by atoms with Crippen molar-refractivity contribution in [3.05, 3.63) is 51.4 Å². The van der Waals surface area contributed by atoms with Crippen molar-refractivity contribution in [2.75, 3.05) is 20.8 Å². The van der Waals surface area contributed by atoms with Crippen LogP contribution in [0.1, 0.15) is 31.7 Å². The van der Waals surface area contributed by atoms with Gasteiger partial charge in [0.1, 0.15) is 10.5 Å². The third-order valence-corrected chi connectivity index (χ3v) is 6.48. The number of carbonyl (C=O) groups excluding carboxylic acids is 1. The van der Waals surface area contributed by atoms with Gasteiger partial charge in [-0.2, -0.15) is 0 Å². The molecule has 0 radical (unpaired) electrons. The Morgan fingerprint density at radius 3 is 2.65 bits per heavy atom. The average Bonchev–Trinajstić information content (AvgIpc) is 3.47. The Balaban J connectivity index is 1.43. The van der Waals surface area contributed by atoms with Crippen LogP contribution in [0, 0.1) is 5.92 Å². The summed E-state index contributed by atoms with van der Waals surface area (Å²) in [5, 5.41) is 13.5. The lowest BCUT2D eigenvalue weighted by Gasteiger charge is -2.11. The van der Waals surface area contributed by atoms with Gasteiger partial charge in [-0.3, -0.25) is 18.6 Å². The third-order valence-electron chi connectivity index (χ3n) is 5.59. The number of nitrogens with one attached hydrogen (secondary N) is 1. The molecule has 0 fully saturated rings. The molecule has 0 spiro atoms. The Bertz CT molecular complexity index is 1370. The van der Waals surface area contributed by atoms with E-state index in [0.29, 0.717) is 53.7 Å². The molecular formula is C24H29N5O4S. The quantitative estimate of drug-likeness (QED) is 0.372. The zero-order valence-electron chi connectivity index (χ0n) is 19.8. The van der Waals surface area contributed by atoms with Gasteiger partial charge in [0.15, 0.2) is 11.5 Å². The van der Waals surface area contributed by atoms with Gasteiger partial charge in [0.05, 0.1) is 19.7 Å². The van der Waals surface area contributed by atoms with Gasteiger partial charge in [0.25, 0.3) is 5.56 Å². The normalized spacial score (nSPS) is 11.4. The monoisotopic (exact) mass is 483 g/mol. The molecule has 4 aromatic rings. The molecule has 0 saturated carbocycles. The van der Waals surface area contributed by atoms with Gasteiger partial charge in [-0.15, -0.1) is 21.5 Å². The first-order valence-electron chi connectivity index (χ1n) is 11.2. The van der Waals surface area contributed by atoms with Crippen LogP contribution in [0.25, 0.3) is 16.0 Å². The second kappa shape index (κ2) is 10.3. The Hall–Kier alpha value is -3.40. The lowest BCUT2D eigenvalue weighted by atomic mass is 10.1. The Kier molecular flexibility index (Phi) is 7.16. The van der Waals surface area contributed by atoms with Gasteiger partial charge in [0.2, 0.25) is 11.7 Å². The number of aryl methyl sites for hydroxylation is 1. The zero-order valence-corrected chi connectivity index (χ0v) is 20.6. The van der Waals surface area contributed by atoms with Crippen LogP contribution in [0.15, 0.2) is 34.4 Å². The van der Waals surface area contributed by atoms with Gasteiger partial charge < -0.3 is 14.8 Å². The third kappa shape index (κ3) is 4.77. The summed E-state index contributed by atoms with van der Waals surface area (Å²) in [4.78, 5) is 25.4. The van der Waals surface area contributed by atoms with E-state index >= 15 is 0 Å². The molecule has 180 valence electrons. The highest BCUT2D eigenvalue weighted by Crippen LogP contribution is 2.27. The first-order chi connectivity index (χ1) is 16.4. The fraction of sp³-hybridized carbons (Fsp3) is 0.417. The van der Waals surface area contributed by atoms with Crippen molar-refractivity contribution < 1.29 is 14.3 Å². The highest BCUT2D eigenvalue weighted by Gasteiger charge is 2.18. The number of thiophene rings is 1. The number of rotatable bonds is 10. The Morgan fingerprint density at radius 1 is 1.12 bits per heavy atom. The van der Waals surface area contributed by atoms with Crippen molar-refractivity contribution in [3.63, 3.8) is 0 Å². The highest BCUT2D eigenvalue weighted by atomic mass is 32.1. The van der Waals surface area contributed by atoms with E-state index in [2.05, 4.69) is 29.4 Å².